The molecule has 0 aliphatic rings. The number of phenolic OH excluding ortho intramolecular Hbond substituents is 1. The summed E-state index contributed by atoms with van der Waals surface area (Å²) in [6.07, 6.45) is -2.08. The first kappa shape index (κ1) is 20.6. The van der Waals surface area contributed by atoms with Gasteiger partial charge < -0.3 is 16.2 Å². The van der Waals surface area contributed by atoms with E-state index in [1.165, 1.54) is 12.1 Å². The molecular weight excluding hydrogens is 381 g/mol. The third-order valence-corrected chi connectivity index (χ3v) is 4.49. The van der Waals surface area contributed by atoms with Gasteiger partial charge in [0, 0.05) is 18.8 Å². The van der Waals surface area contributed by atoms with Crippen LogP contribution in [0.3, 0.4) is 0 Å². The Bertz CT molecular complexity index is 992. The van der Waals surface area contributed by atoms with Crippen molar-refractivity contribution in [2.24, 2.45) is 5.73 Å². The molecular formula is C21H21F3N4O. The first-order chi connectivity index (χ1) is 13.8. The average molecular weight is 402 g/mol. The van der Waals surface area contributed by atoms with Crippen LogP contribution in [0.25, 0.3) is 22.5 Å². The van der Waals surface area contributed by atoms with Crippen LogP contribution in [0.15, 0.2) is 54.7 Å². The molecule has 5 nitrogen and oxygen atoms in total. The molecule has 0 aliphatic carbocycles. The van der Waals surface area contributed by atoms with E-state index < -0.39 is 11.7 Å². The van der Waals surface area contributed by atoms with E-state index in [1.54, 1.807) is 30.5 Å². The number of phenols is 1. The number of nitrogens with two attached hydrogens (primary N) is 1. The van der Waals surface area contributed by atoms with Crippen LogP contribution in [0.5, 0.6) is 5.75 Å². The van der Waals surface area contributed by atoms with Gasteiger partial charge in [0.25, 0.3) is 0 Å². The maximum atomic E-state index is 13.0. The second kappa shape index (κ2) is 8.48. The van der Waals surface area contributed by atoms with Crippen LogP contribution >= 0.6 is 0 Å². The van der Waals surface area contributed by atoms with Crippen molar-refractivity contribution >= 4 is 5.82 Å². The SMILES string of the molecule is CCC(N)CNc1ccnc(-c2cc(-c3cccc(C(F)(F)F)c3)ccc2O)n1. The lowest BCUT2D eigenvalue weighted by atomic mass is 10.00. The van der Waals surface area contributed by atoms with Crippen molar-refractivity contribution in [2.75, 3.05) is 11.9 Å². The maximum absolute atomic E-state index is 13.0. The molecule has 29 heavy (non-hydrogen) atoms. The molecule has 0 saturated heterocycles. The highest BCUT2D eigenvalue weighted by Crippen LogP contribution is 2.35. The number of aromatic nitrogens is 2. The number of benzene rings is 2. The summed E-state index contributed by atoms with van der Waals surface area (Å²) in [5.74, 6) is 0.734. The Balaban J connectivity index is 1.94. The van der Waals surface area contributed by atoms with Crippen molar-refractivity contribution in [2.45, 2.75) is 25.6 Å². The number of hydrogen-bond donors (Lipinski definition) is 3. The van der Waals surface area contributed by atoms with Crippen molar-refractivity contribution < 1.29 is 18.3 Å². The molecule has 152 valence electrons. The second-order valence-electron chi connectivity index (χ2n) is 6.63. The van der Waals surface area contributed by atoms with Gasteiger partial charge in [-0.2, -0.15) is 13.2 Å². The topological polar surface area (TPSA) is 84.1 Å². The predicted octanol–water partition coefficient (Wildman–Crippen LogP) is 4.68. The quantitative estimate of drug-likeness (QED) is 0.557. The Morgan fingerprint density at radius 1 is 1.10 bits per heavy atom. The van der Waals surface area contributed by atoms with Gasteiger partial charge in [0.2, 0.25) is 0 Å². The number of anilines is 1. The molecule has 1 heterocycles. The van der Waals surface area contributed by atoms with Gasteiger partial charge in [-0.3, -0.25) is 0 Å². The molecule has 1 unspecified atom stereocenters. The molecule has 1 aromatic heterocycles. The molecule has 2 aromatic carbocycles. The molecule has 0 saturated carbocycles. The van der Waals surface area contributed by atoms with E-state index in [0.29, 0.717) is 29.1 Å². The van der Waals surface area contributed by atoms with E-state index >= 15 is 0 Å². The summed E-state index contributed by atoms with van der Waals surface area (Å²) in [7, 11) is 0. The van der Waals surface area contributed by atoms with Crippen molar-refractivity contribution in [3.05, 3.63) is 60.3 Å². The minimum atomic E-state index is -4.43. The monoisotopic (exact) mass is 402 g/mol. The van der Waals surface area contributed by atoms with Crippen LogP contribution in [0, 0.1) is 0 Å². The van der Waals surface area contributed by atoms with Gasteiger partial charge >= 0.3 is 6.18 Å². The zero-order valence-electron chi connectivity index (χ0n) is 15.7. The van der Waals surface area contributed by atoms with E-state index in [2.05, 4.69) is 15.3 Å². The van der Waals surface area contributed by atoms with E-state index in [0.717, 1.165) is 18.6 Å². The molecule has 3 rings (SSSR count). The zero-order valence-corrected chi connectivity index (χ0v) is 15.7. The van der Waals surface area contributed by atoms with E-state index in [-0.39, 0.29) is 17.6 Å². The molecule has 0 spiro atoms. The van der Waals surface area contributed by atoms with Crippen molar-refractivity contribution in [1.82, 2.24) is 9.97 Å². The van der Waals surface area contributed by atoms with E-state index in [9.17, 15) is 18.3 Å². The molecule has 8 heteroatoms. The number of nitrogens with one attached hydrogen (secondary N) is 1. The van der Waals surface area contributed by atoms with Crippen LogP contribution in [0.2, 0.25) is 0 Å². The fourth-order valence-electron chi connectivity index (χ4n) is 2.74. The maximum Gasteiger partial charge on any atom is 0.416 e. The average Bonchev–Trinajstić information content (AvgIpc) is 2.72. The lowest BCUT2D eigenvalue weighted by Gasteiger charge is -2.12. The number of alkyl halides is 3. The lowest BCUT2D eigenvalue weighted by Crippen LogP contribution is -2.28. The lowest BCUT2D eigenvalue weighted by molar-refractivity contribution is -0.137. The second-order valence-corrected chi connectivity index (χ2v) is 6.63. The number of aromatic hydroxyl groups is 1. The molecule has 0 aliphatic heterocycles. The van der Waals surface area contributed by atoms with Crippen LogP contribution in [0.1, 0.15) is 18.9 Å². The number of hydrogen-bond acceptors (Lipinski definition) is 5. The summed E-state index contributed by atoms with van der Waals surface area (Å²) in [4.78, 5) is 8.57. The van der Waals surface area contributed by atoms with E-state index in [1.807, 2.05) is 6.92 Å². The Morgan fingerprint density at radius 3 is 2.59 bits per heavy atom. The highest BCUT2D eigenvalue weighted by molar-refractivity contribution is 5.75. The zero-order chi connectivity index (χ0) is 21.0. The fraction of sp³-hybridized carbons (Fsp3) is 0.238. The Morgan fingerprint density at radius 2 is 1.86 bits per heavy atom. The third kappa shape index (κ3) is 5.03. The summed E-state index contributed by atoms with van der Waals surface area (Å²) in [5.41, 5.74) is 6.37. The first-order valence-electron chi connectivity index (χ1n) is 9.11. The molecule has 3 aromatic rings. The van der Waals surface area contributed by atoms with Gasteiger partial charge in [-0.25, -0.2) is 9.97 Å². The summed E-state index contributed by atoms with van der Waals surface area (Å²) in [5, 5.41) is 13.4. The molecule has 0 amide bonds. The fourth-order valence-corrected chi connectivity index (χ4v) is 2.74. The van der Waals surface area contributed by atoms with Crippen molar-refractivity contribution in [3.8, 4) is 28.3 Å². The largest absolute Gasteiger partial charge is 0.507 e. The summed E-state index contributed by atoms with van der Waals surface area (Å²) < 4.78 is 39.0. The molecule has 0 fully saturated rings. The Hall–Kier alpha value is -3.13. The third-order valence-electron chi connectivity index (χ3n) is 4.49. The number of halogens is 3. The van der Waals surface area contributed by atoms with Crippen molar-refractivity contribution in [3.63, 3.8) is 0 Å². The number of nitrogens with zero attached hydrogens (tertiary/aromatic N) is 2. The summed E-state index contributed by atoms with van der Waals surface area (Å²) >= 11 is 0. The molecule has 1 atom stereocenters. The minimum Gasteiger partial charge on any atom is -0.507 e. The van der Waals surface area contributed by atoms with Crippen LogP contribution in [-0.2, 0) is 6.18 Å². The van der Waals surface area contributed by atoms with Crippen molar-refractivity contribution in [1.29, 1.82) is 0 Å². The predicted molar refractivity (Wildman–Crippen MR) is 106 cm³/mol. The van der Waals surface area contributed by atoms with Crippen LogP contribution in [0.4, 0.5) is 19.0 Å². The van der Waals surface area contributed by atoms with Gasteiger partial charge in [0.15, 0.2) is 5.82 Å². The standard InChI is InChI=1S/C21H21F3N4O/c1-2-16(25)12-27-19-8-9-26-20(28-19)17-11-14(6-7-18(17)29)13-4-3-5-15(10-13)21(22,23)24/h3-11,16,29H,2,12,25H2,1H3,(H,26,27,28). The summed E-state index contributed by atoms with van der Waals surface area (Å²) in [6.45, 7) is 2.51. The van der Waals surface area contributed by atoms with Crippen LogP contribution < -0.4 is 11.1 Å². The Kier molecular flexibility index (Phi) is 6.03. The smallest absolute Gasteiger partial charge is 0.416 e. The normalized spacial score (nSPS) is 12.6. The van der Waals surface area contributed by atoms with Gasteiger partial charge in [0.05, 0.1) is 11.1 Å². The van der Waals surface area contributed by atoms with E-state index in [4.69, 9.17) is 5.73 Å². The van der Waals surface area contributed by atoms with Gasteiger partial charge in [0.1, 0.15) is 11.6 Å². The molecule has 0 radical (unpaired) electrons. The van der Waals surface area contributed by atoms with Gasteiger partial charge in [-0.1, -0.05) is 25.1 Å². The molecule has 0 bridgehead atoms. The summed E-state index contributed by atoms with van der Waals surface area (Å²) in [6, 6.07) is 11.2. The highest BCUT2D eigenvalue weighted by atomic mass is 19.4. The highest BCUT2D eigenvalue weighted by Gasteiger charge is 2.30. The number of rotatable bonds is 6. The van der Waals surface area contributed by atoms with Gasteiger partial charge in [-0.15, -0.1) is 0 Å². The van der Waals surface area contributed by atoms with Crippen LogP contribution in [-0.4, -0.2) is 27.7 Å². The Labute approximate surface area is 166 Å². The molecule has 4 N–H and O–H groups in total. The minimum absolute atomic E-state index is 0.0222. The first-order valence-corrected chi connectivity index (χ1v) is 9.11. The van der Waals surface area contributed by atoms with Gasteiger partial charge in [-0.05, 0) is 47.9 Å².